The first-order valence-electron chi connectivity index (χ1n) is 7.74. The average Bonchev–Trinajstić information content (AvgIpc) is 2.99. The highest BCUT2D eigenvalue weighted by molar-refractivity contribution is 6.24. The third-order valence-corrected chi connectivity index (χ3v) is 4.20. The number of ether oxygens (including phenoxy) is 3. The first kappa shape index (κ1) is 17.2. The van der Waals surface area contributed by atoms with E-state index in [0.29, 0.717) is 5.92 Å². The molecule has 6 heteroatoms. The van der Waals surface area contributed by atoms with Crippen LogP contribution in [0.3, 0.4) is 0 Å². The van der Waals surface area contributed by atoms with Crippen LogP contribution in [0.25, 0.3) is 0 Å². The molecule has 0 aliphatic carbocycles. The van der Waals surface area contributed by atoms with Crippen molar-refractivity contribution in [1.82, 2.24) is 0 Å². The van der Waals surface area contributed by atoms with Crippen LogP contribution >= 0.6 is 0 Å². The number of hydrogen-bond donors (Lipinski definition) is 0. The number of esters is 2. The van der Waals surface area contributed by atoms with Crippen molar-refractivity contribution in [2.24, 2.45) is 5.92 Å². The Morgan fingerprint density at radius 3 is 2.74 bits per heavy atom. The lowest BCUT2D eigenvalue weighted by atomic mass is 9.92. The van der Waals surface area contributed by atoms with Crippen LogP contribution in [0.15, 0.2) is 23.5 Å². The molecule has 0 spiro atoms. The fourth-order valence-corrected chi connectivity index (χ4v) is 2.75. The highest BCUT2D eigenvalue weighted by Gasteiger charge is 2.44. The lowest BCUT2D eigenvalue weighted by Crippen LogP contribution is -2.25. The van der Waals surface area contributed by atoms with Crippen LogP contribution in [0.1, 0.15) is 40.0 Å². The zero-order valence-corrected chi connectivity index (χ0v) is 13.9. The summed E-state index contributed by atoms with van der Waals surface area (Å²) in [7, 11) is 1.21. The Hall–Kier alpha value is -2.11. The number of carbonyl (C=O) groups is 3. The number of rotatable bonds is 5. The second-order valence-electron chi connectivity index (χ2n) is 6.24. The molecular weight excluding hydrogens is 300 g/mol. The summed E-state index contributed by atoms with van der Waals surface area (Å²) in [6.45, 7) is 6.14. The Balaban J connectivity index is 2.17. The molecule has 0 aromatic carbocycles. The van der Waals surface area contributed by atoms with Crippen molar-refractivity contribution in [3.63, 3.8) is 0 Å². The molecule has 0 N–H and O–H groups in total. The highest BCUT2D eigenvalue weighted by atomic mass is 16.6. The van der Waals surface area contributed by atoms with Gasteiger partial charge in [-0.15, -0.1) is 0 Å². The van der Waals surface area contributed by atoms with Crippen LogP contribution in [-0.2, 0) is 28.6 Å². The average molecular weight is 322 g/mol. The molecule has 2 aliphatic rings. The van der Waals surface area contributed by atoms with Crippen LogP contribution < -0.4 is 0 Å². The van der Waals surface area contributed by atoms with Crippen molar-refractivity contribution in [2.45, 2.75) is 51.7 Å². The summed E-state index contributed by atoms with van der Waals surface area (Å²) in [5.74, 6) is -1.22. The second kappa shape index (κ2) is 6.56. The summed E-state index contributed by atoms with van der Waals surface area (Å²) in [4.78, 5) is 35.6. The van der Waals surface area contributed by atoms with Gasteiger partial charge in [-0.3, -0.25) is 9.59 Å². The van der Waals surface area contributed by atoms with Gasteiger partial charge in [0.25, 0.3) is 0 Å². The minimum absolute atomic E-state index is 0.122. The van der Waals surface area contributed by atoms with Crippen molar-refractivity contribution in [2.75, 3.05) is 7.11 Å². The number of allylic oxidation sites excluding steroid dienone is 1. The van der Waals surface area contributed by atoms with Gasteiger partial charge in [0, 0.05) is 0 Å². The molecular formula is C17H22O6. The molecule has 2 heterocycles. The second-order valence-corrected chi connectivity index (χ2v) is 6.24. The van der Waals surface area contributed by atoms with E-state index in [4.69, 9.17) is 9.47 Å². The topological polar surface area (TPSA) is 78.9 Å². The number of hydrogen-bond acceptors (Lipinski definition) is 6. The molecule has 126 valence electrons. The van der Waals surface area contributed by atoms with E-state index < -0.39 is 29.4 Å². The molecule has 0 aromatic rings. The molecule has 1 saturated heterocycles. The SMILES string of the molecule is CC[C@H](C)C[C@]1(C)C=C/C(=C2/C(=O)O[C@H](CC(=O)OC)C2=O)O1. The number of cyclic esters (lactones) is 1. The molecule has 0 unspecified atom stereocenters. The van der Waals surface area contributed by atoms with E-state index in [-0.39, 0.29) is 17.8 Å². The van der Waals surface area contributed by atoms with E-state index in [0.717, 1.165) is 12.8 Å². The minimum Gasteiger partial charge on any atom is -0.482 e. The maximum Gasteiger partial charge on any atom is 0.346 e. The Kier molecular flexibility index (Phi) is 4.92. The predicted molar refractivity (Wildman–Crippen MR) is 81.2 cm³/mol. The smallest absolute Gasteiger partial charge is 0.346 e. The summed E-state index contributed by atoms with van der Waals surface area (Å²) in [5.41, 5.74) is -0.665. The summed E-state index contributed by atoms with van der Waals surface area (Å²) < 4.78 is 15.3. The molecule has 0 amide bonds. The lowest BCUT2D eigenvalue weighted by molar-refractivity contribution is -0.149. The van der Waals surface area contributed by atoms with Gasteiger partial charge in [-0.25, -0.2) is 4.79 Å². The Labute approximate surface area is 135 Å². The van der Waals surface area contributed by atoms with Crippen molar-refractivity contribution >= 4 is 17.7 Å². The fraction of sp³-hybridized carbons (Fsp3) is 0.588. The van der Waals surface area contributed by atoms with Gasteiger partial charge in [-0.1, -0.05) is 20.3 Å². The quantitative estimate of drug-likeness (QED) is 0.438. The number of methoxy groups -OCH3 is 1. The van der Waals surface area contributed by atoms with E-state index in [1.165, 1.54) is 7.11 Å². The first-order valence-corrected chi connectivity index (χ1v) is 7.74. The third kappa shape index (κ3) is 3.63. The van der Waals surface area contributed by atoms with Gasteiger partial charge in [-0.2, -0.15) is 0 Å². The predicted octanol–water partition coefficient (Wildman–Crippen LogP) is 2.08. The molecule has 23 heavy (non-hydrogen) atoms. The van der Waals surface area contributed by atoms with Crippen LogP contribution in [0, 0.1) is 5.92 Å². The normalized spacial score (nSPS) is 31.0. The summed E-state index contributed by atoms with van der Waals surface area (Å²) >= 11 is 0. The van der Waals surface area contributed by atoms with Gasteiger partial charge in [0.05, 0.1) is 13.5 Å². The van der Waals surface area contributed by atoms with E-state index in [1.54, 1.807) is 6.08 Å². The molecule has 1 fully saturated rings. The molecule has 0 aromatic heterocycles. The molecule has 6 nitrogen and oxygen atoms in total. The van der Waals surface area contributed by atoms with Gasteiger partial charge in [0.2, 0.25) is 5.78 Å². The molecule has 0 bridgehead atoms. The number of ketones is 1. The van der Waals surface area contributed by atoms with Crippen molar-refractivity contribution in [3.8, 4) is 0 Å². The van der Waals surface area contributed by atoms with Gasteiger partial charge in [0.15, 0.2) is 6.10 Å². The highest BCUT2D eigenvalue weighted by Crippen LogP contribution is 2.36. The molecule has 2 rings (SSSR count). The van der Waals surface area contributed by atoms with Gasteiger partial charge >= 0.3 is 11.9 Å². The van der Waals surface area contributed by atoms with E-state index in [9.17, 15) is 14.4 Å². The summed E-state index contributed by atoms with van der Waals surface area (Å²) in [6.07, 6.45) is 3.88. The van der Waals surface area contributed by atoms with Crippen LogP contribution in [0.5, 0.6) is 0 Å². The molecule has 3 atom stereocenters. The molecule has 2 aliphatic heterocycles. The Morgan fingerprint density at radius 1 is 1.43 bits per heavy atom. The van der Waals surface area contributed by atoms with E-state index in [2.05, 4.69) is 18.6 Å². The fourth-order valence-electron chi connectivity index (χ4n) is 2.75. The van der Waals surface area contributed by atoms with Crippen molar-refractivity contribution in [1.29, 1.82) is 0 Å². The monoisotopic (exact) mass is 322 g/mol. The maximum absolute atomic E-state index is 12.3. The lowest BCUT2D eigenvalue weighted by Gasteiger charge is -2.26. The van der Waals surface area contributed by atoms with Crippen LogP contribution in [-0.4, -0.2) is 36.5 Å². The minimum atomic E-state index is -1.13. The maximum atomic E-state index is 12.3. The van der Waals surface area contributed by atoms with Crippen LogP contribution in [0.4, 0.5) is 0 Å². The van der Waals surface area contributed by atoms with Gasteiger partial charge < -0.3 is 14.2 Å². The van der Waals surface area contributed by atoms with Gasteiger partial charge in [0.1, 0.15) is 16.9 Å². The number of carbonyl (C=O) groups excluding carboxylic acids is 3. The van der Waals surface area contributed by atoms with Gasteiger partial charge in [-0.05, 0) is 31.4 Å². The zero-order chi connectivity index (χ0) is 17.2. The summed E-state index contributed by atoms with van der Waals surface area (Å²) in [6, 6.07) is 0. The standard InChI is InChI=1S/C17H22O6/c1-5-10(2)9-17(3)7-6-11(23-17)14-15(19)12(22-16(14)20)8-13(18)21-4/h6-7,10,12H,5,8-9H2,1-4H3/b14-11-/t10-,12+,17-/m0/s1. The van der Waals surface area contributed by atoms with Crippen molar-refractivity contribution < 1.29 is 28.6 Å². The third-order valence-electron chi connectivity index (χ3n) is 4.20. The molecule has 0 radical (unpaired) electrons. The van der Waals surface area contributed by atoms with Crippen LogP contribution in [0.2, 0.25) is 0 Å². The van der Waals surface area contributed by atoms with E-state index >= 15 is 0 Å². The summed E-state index contributed by atoms with van der Waals surface area (Å²) in [5, 5.41) is 0. The number of Topliss-reactive ketones (excluding diaryl/α,β-unsaturated/α-hetero) is 1. The first-order chi connectivity index (χ1) is 10.8. The molecule has 0 saturated carbocycles. The Morgan fingerprint density at radius 2 is 2.13 bits per heavy atom. The Bertz CT molecular complexity index is 588. The van der Waals surface area contributed by atoms with Crippen molar-refractivity contribution in [3.05, 3.63) is 23.5 Å². The largest absolute Gasteiger partial charge is 0.482 e. The zero-order valence-electron chi connectivity index (χ0n) is 13.9. The van der Waals surface area contributed by atoms with E-state index in [1.807, 2.05) is 13.0 Å².